The molecule has 0 spiro atoms. The van der Waals surface area contributed by atoms with Gasteiger partial charge in [0.2, 0.25) is 11.8 Å². The van der Waals surface area contributed by atoms with E-state index in [-0.39, 0.29) is 0 Å². The van der Waals surface area contributed by atoms with Crippen LogP contribution in [0.25, 0.3) is 0 Å². The maximum absolute atomic E-state index is 5.03. The maximum atomic E-state index is 5.03. The summed E-state index contributed by atoms with van der Waals surface area (Å²) in [4.78, 5) is 12.3. The molecular weight excluding hydrogens is 216 g/mol. The number of nitrogens with zero attached hydrogens (tertiary/aromatic N) is 3. The number of aromatic nitrogens is 3. The first-order valence-corrected chi connectivity index (χ1v) is 5.30. The molecule has 0 aliphatic heterocycles. The Labute approximate surface area is 99.9 Å². The van der Waals surface area contributed by atoms with Crippen LogP contribution in [0.2, 0.25) is 0 Å². The van der Waals surface area contributed by atoms with E-state index < -0.39 is 0 Å². The molecule has 2 rings (SSSR count). The number of rotatable bonds is 4. The van der Waals surface area contributed by atoms with Crippen LogP contribution in [0.15, 0.2) is 30.7 Å². The molecule has 0 saturated carbocycles. The molecule has 5 nitrogen and oxygen atoms in total. The Morgan fingerprint density at radius 2 is 2.18 bits per heavy atom. The highest BCUT2D eigenvalue weighted by Crippen LogP contribution is 2.10. The largest absolute Gasteiger partial charge is 0.481 e. The highest BCUT2D eigenvalue weighted by Gasteiger charge is 2.00. The molecule has 0 fully saturated rings. The fraction of sp³-hybridized carbons (Fsp3) is 0.250. The monoisotopic (exact) mass is 230 g/mol. The molecule has 0 aliphatic rings. The number of aryl methyl sites for hydroxylation is 1. The fourth-order valence-corrected chi connectivity index (χ4v) is 1.42. The predicted molar refractivity (Wildman–Crippen MR) is 64.9 cm³/mol. The first-order chi connectivity index (χ1) is 8.29. The highest BCUT2D eigenvalue weighted by molar-refractivity contribution is 5.31. The number of ether oxygens (including phenoxy) is 1. The summed E-state index contributed by atoms with van der Waals surface area (Å²) in [6.45, 7) is 2.69. The first kappa shape index (κ1) is 11.3. The van der Waals surface area contributed by atoms with Gasteiger partial charge >= 0.3 is 0 Å². The third-order valence-electron chi connectivity index (χ3n) is 2.41. The van der Waals surface area contributed by atoms with Crippen LogP contribution in [0.4, 0.5) is 5.95 Å². The zero-order chi connectivity index (χ0) is 12.1. The summed E-state index contributed by atoms with van der Waals surface area (Å²) in [5, 5.41) is 3.15. The molecule has 2 aromatic rings. The second-order valence-corrected chi connectivity index (χ2v) is 3.58. The zero-order valence-corrected chi connectivity index (χ0v) is 9.84. The molecule has 88 valence electrons. The molecule has 1 N–H and O–H groups in total. The van der Waals surface area contributed by atoms with Crippen LogP contribution in [-0.4, -0.2) is 22.1 Å². The molecule has 0 bridgehead atoms. The van der Waals surface area contributed by atoms with Gasteiger partial charge in [-0.05, 0) is 24.1 Å². The van der Waals surface area contributed by atoms with Crippen molar-refractivity contribution in [3.8, 4) is 5.88 Å². The Bertz CT molecular complexity index is 501. The van der Waals surface area contributed by atoms with Gasteiger partial charge in [0.1, 0.15) is 0 Å². The van der Waals surface area contributed by atoms with Crippen molar-refractivity contribution in [3.63, 3.8) is 0 Å². The van der Waals surface area contributed by atoms with Crippen molar-refractivity contribution in [2.24, 2.45) is 0 Å². The lowest BCUT2D eigenvalue weighted by atomic mass is 10.1. The van der Waals surface area contributed by atoms with Gasteiger partial charge in [0.15, 0.2) is 0 Å². The van der Waals surface area contributed by atoms with E-state index in [0.29, 0.717) is 18.4 Å². The Kier molecular flexibility index (Phi) is 3.49. The third kappa shape index (κ3) is 2.90. The summed E-state index contributed by atoms with van der Waals surface area (Å²) in [7, 11) is 1.58. The van der Waals surface area contributed by atoms with E-state index in [0.717, 1.165) is 5.56 Å². The molecule has 0 atom stereocenters. The highest BCUT2D eigenvalue weighted by atomic mass is 16.5. The van der Waals surface area contributed by atoms with Crippen LogP contribution in [0, 0.1) is 6.92 Å². The van der Waals surface area contributed by atoms with Crippen LogP contribution in [0.5, 0.6) is 5.88 Å². The Balaban J connectivity index is 2.05. The molecular formula is C12H14N4O. The summed E-state index contributed by atoms with van der Waals surface area (Å²) in [5.41, 5.74) is 2.31. The molecule has 17 heavy (non-hydrogen) atoms. The topological polar surface area (TPSA) is 59.9 Å². The molecule has 0 unspecified atom stereocenters. The summed E-state index contributed by atoms with van der Waals surface area (Å²) >= 11 is 0. The van der Waals surface area contributed by atoms with Gasteiger partial charge in [-0.3, -0.25) is 4.98 Å². The third-order valence-corrected chi connectivity index (χ3v) is 2.41. The molecule has 0 radical (unpaired) electrons. The maximum Gasteiger partial charge on any atom is 0.226 e. The van der Waals surface area contributed by atoms with Crippen molar-refractivity contribution in [3.05, 3.63) is 41.9 Å². The predicted octanol–water partition coefficient (Wildman–Crippen LogP) is 1.80. The van der Waals surface area contributed by atoms with Gasteiger partial charge in [-0.1, -0.05) is 0 Å². The Morgan fingerprint density at radius 3 is 2.94 bits per heavy atom. The summed E-state index contributed by atoms with van der Waals surface area (Å²) < 4.78 is 5.03. The first-order valence-electron chi connectivity index (χ1n) is 5.30. The molecule has 2 aromatic heterocycles. The lowest BCUT2D eigenvalue weighted by Crippen LogP contribution is -2.05. The van der Waals surface area contributed by atoms with Gasteiger partial charge in [-0.15, -0.1) is 0 Å². The number of hydrogen-bond acceptors (Lipinski definition) is 5. The van der Waals surface area contributed by atoms with Crippen molar-refractivity contribution in [2.45, 2.75) is 13.5 Å². The van der Waals surface area contributed by atoms with Crippen LogP contribution in [0.3, 0.4) is 0 Å². The number of anilines is 1. The lowest BCUT2D eigenvalue weighted by molar-refractivity contribution is 0.397. The smallest absolute Gasteiger partial charge is 0.226 e. The van der Waals surface area contributed by atoms with Crippen molar-refractivity contribution < 1.29 is 4.74 Å². The van der Waals surface area contributed by atoms with Crippen LogP contribution in [-0.2, 0) is 6.54 Å². The Morgan fingerprint density at radius 1 is 1.29 bits per heavy atom. The van der Waals surface area contributed by atoms with Gasteiger partial charge in [0.25, 0.3) is 0 Å². The van der Waals surface area contributed by atoms with Crippen molar-refractivity contribution in [2.75, 3.05) is 12.4 Å². The van der Waals surface area contributed by atoms with Gasteiger partial charge < -0.3 is 10.1 Å². The van der Waals surface area contributed by atoms with E-state index in [1.165, 1.54) is 5.56 Å². The second kappa shape index (κ2) is 5.25. The normalized spacial score (nSPS) is 10.0. The van der Waals surface area contributed by atoms with Crippen molar-refractivity contribution >= 4 is 5.95 Å². The fourth-order valence-electron chi connectivity index (χ4n) is 1.42. The minimum Gasteiger partial charge on any atom is -0.481 e. The summed E-state index contributed by atoms with van der Waals surface area (Å²) in [6.07, 6.45) is 5.27. The van der Waals surface area contributed by atoms with E-state index in [9.17, 15) is 0 Å². The molecule has 0 aliphatic carbocycles. The average molecular weight is 230 g/mol. The second-order valence-electron chi connectivity index (χ2n) is 3.58. The van der Waals surface area contributed by atoms with Gasteiger partial charge in [-0.25, -0.2) is 4.98 Å². The van der Waals surface area contributed by atoms with E-state index in [4.69, 9.17) is 4.74 Å². The van der Waals surface area contributed by atoms with Gasteiger partial charge in [0, 0.05) is 31.2 Å². The zero-order valence-electron chi connectivity index (χ0n) is 9.84. The molecule has 0 amide bonds. The quantitative estimate of drug-likeness (QED) is 0.867. The van der Waals surface area contributed by atoms with Gasteiger partial charge in [-0.2, -0.15) is 4.98 Å². The van der Waals surface area contributed by atoms with Gasteiger partial charge in [0.05, 0.1) is 7.11 Å². The lowest BCUT2D eigenvalue weighted by Gasteiger charge is -2.07. The molecule has 0 saturated heterocycles. The number of nitrogens with one attached hydrogen (secondary N) is 1. The van der Waals surface area contributed by atoms with Crippen LogP contribution >= 0.6 is 0 Å². The van der Waals surface area contributed by atoms with E-state index in [2.05, 4.69) is 20.3 Å². The van der Waals surface area contributed by atoms with Crippen LogP contribution < -0.4 is 10.1 Å². The summed E-state index contributed by atoms with van der Waals surface area (Å²) in [5.74, 6) is 1.11. The SMILES string of the molecule is COc1ccnc(NCc2ccncc2C)n1. The summed E-state index contributed by atoms with van der Waals surface area (Å²) in [6, 6.07) is 3.69. The molecule has 0 aromatic carbocycles. The standard InChI is InChI=1S/C12H14N4O/c1-9-7-13-5-3-10(9)8-15-12-14-6-4-11(16-12)17-2/h3-7H,8H2,1-2H3,(H,14,15,16). The van der Waals surface area contributed by atoms with Crippen LogP contribution in [0.1, 0.15) is 11.1 Å². The number of methoxy groups -OCH3 is 1. The van der Waals surface area contributed by atoms with E-state index in [1.807, 2.05) is 19.2 Å². The van der Waals surface area contributed by atoms with E-state index >= 15 is 0 Å². The number of hydrogen-bond donors (Lipinski definition) is 1. The number of pyridine rings is 1. The van der Waals surface area contributed by atoms with Crippen molar-refractivity contribution in [1.82, 2.24) is 15.0 Å². The molecule has 2 heterocycles. The Hall–Kier alpha value is -2.17. The average Bonchev–Trinajstić information content (AvgIpc) is 2.38. The molecule has 5 heteroatoms. The minimum atomic E-state index is 0.550. The minimum absolute atomic E-state index is 0.550. The van der Waals surface area contributed by atoms with Crippen molar-refractivity contribution in [1.29, 1.82) is 0 Å². The van der Waals surface area contributed by atoms with E-state index in [1.54, 1.807) is 25.6 Å².